The number of anilines is 6. The zero-order chi connectivity index (χ0) is 54.0. The molecule has 4 heterocycles. The second-order valence-electron chi connectivity index (χ2n) is 21.0. The number of hydrogen-bond donors (Lipinski definition) is 0. The SMILES string of the molecule is N#Cc1c2c(cc3oc4cc5cc(N(c6ccccc6)c6cccc7c6oc6c(-c8ccccc8)cccc67)ccc5cc4c13)oc1cc3cc(N(c4ccccc4)c4cccc5c4oc4c(-c6ccccc6)cccc45)ccc3cc12. The summed E-state index contributed by atoms with van der Waals surface area (Å²) in [4.78, 5) is 4.52. The van der Waals surface area contributed by atoms with Crippen molar-refractivity contribution in [2.24, 2.45) is 0 Å². The Morgan fingerprint density at radius 3 is 1.11 bits per heavy atom. The topological polar surface area (TPSA) is 82.8 Å². The minimum Gasteiger partial charge on any atom is -0.456 e. The van der Waals surface area contributed by atoms with Gasteiger partial charge in [-0.25, -0.2) is 0 Å². The first-order valence-electron chi connectivity index (χ1n) is 27.4. The number of nitriles is 1. The Kier molecular flexibility index (Phi) is 9.94. The fraction of sp³-hybridized carbons (Fsp3) is 0. The maximum atomic E-state index is 11.2. The van der Waals surface area contributed by atoms with Crippen molar-refractivity contribution in [1.82, 2.24) is 0 Å². The minimum absolute atomic E-state index is 0.520. The molecule has 0 aliphatic carbocycles. The first-order chi connectivity index (χ1) is 40.6. The van der Waals surface area contributed by atoms with E-state index >= 15 is 0 Å². The summed E-state index contributed by atoms with van der Waals surface area (Å²) in [6, 6.07) is 93.1. The largest absolute Gasteiger partial charge is 0.456 e. The molecule has 7 heteroatoms. The molecule has 17 aromatic rings. The molecule has 7 nitrogen and oxygen atoms in total. The Hall–Kier alpha value is -11.3. The highest BCUT2D eigenvalue weighted by Crippen LogP contribution is 2.49. The Morgan fingerprint density at radius 2 is 0.683 bits per heavy atom. The van der Waals surface area contributed by atoms with Crippen molar-refractivity contribution in [2.75, 3.05) is 9.80 Å². The number of nitrogens with zero attached hydrogens (tertiary/aromatic N) is 3. The minimum atomic E-state index is 0.520. The molecule has 82 heavy (non-hydrogen) atoms. The van der Waals surface area contributed by atoms with Crippen LogP contribution in [0.1, 0.15) is 5.56 Å². The van der Waals surface area contributed by atoms with Gasteiger partial charge in [-0.15, -0.1) is 0 Å². The lowest BCUT2D eigenvalue weighted by atomic mass is 9.98. The third-order valence-corrected chi connectivity index (χ3v) is 16.4. The molecule has 0 unspecified atom stereocenters. The quantitative estimate of drug-likeness (QED) is 0.150. The second-order valence-corrected chi connectivity index (χ2v) is 21.0. The van der Waals surface area contributed by atoms with E-state index in [2.05, 4.69) is 246 Å². The van der Waals surface area contributed by atoms with Crippen molar-refractivity contribution in [1.29, 1.82) is 5.26 Å². The van der Waals surface area contributed by atoms with E-state index in [0.717, 1.165) is 143 Å². The lowest BCUT2D eigenvalue weighted by molar-refractivity contribution is 0.656. The van der Waals surface area contributed by atoms with Gasteiger partial charge < -0.3 is 27.5 Å². The third kappa shape index (κ3) is 6.95. The molecule has 0 saturated carbocycles. The number of fused-ring (bicyclic) bond motifs is 14. The Bertz CT molecular complexity index is 5150. The van der Waals surface area contributed by atoms with E-state index in [1.807, 2.05) is 30.3 Å². The average Bonchev–Trinajstić information content (AvgIpc) is 4.51. The number of hydrogen-bond acceptors (Lipinski definition) is 7. The van der Waals surface area contributed by atoms with Crippen molar-refractivity contribution in [3.8, 4) is 28.3 Å². The van der Waals surface area contributed by atoms with Gasteiger partial charge in [0, 0.05) is 83.0 Å². The summed E-state index contributed by atoms with van der Waals surface area (Å²) in [6.07, 6.45) is 0. The normalized spacial score (nSPS) is 11.9. The predicted octanol–water partition coefficient (Wildman–Crippen LogP) is 21.7. The van der Waals surface area contributed by atoms with Crippen LogP contribution >= 0.6 is 0 Å². The van der Waals surface area contributed by atoms with Crippen LogP contribution in [0.3, 0.4) is 0 Å². The highest BCUT2D eigenvalue weighted by atomic mass is 16.3. The first kappa shape index (κ1) is 45.7. The summed E-state index contributed by atoms with van der Waals surface area (Å²) in [6.45, 7) is 0. The summed E-state index contributed by atoms with van der Waals surface area (Å²) in [7, 11) is 0. The molecule has 0 radical (unpaired) electrons. The van der Waals surface area contributed by atoms with Crippen LogP contribution in [0.5, 0.6) is 0 Å². The van der Waals surface area contributed by atoms with E-state index in [0.29, 0.717) is 27.9 Å². The highest BCUT2D eigenvalue weighted by Gasteiger charge is 2.25. The standard InChI is InChI=1S/C75H43N3O4/c76-44-63-70-61-39-47-33-35-53(77(51-21-9-3-10-22-51)64-31-15-29-59-57-27-13-25-55(72(57)81-74(59)64)45-17-5-1-6-18-45)37-49(47)41-66(61)79-68(70)43-69-71(63)62-40-48-34-36-54(38-50(48)42-67(62)80-69)78(52-23-11-4-12-24-52)65-32-16-30-60-58-28-14-26-56(73(58)82-75(60)65)46-19-7-2-8-20-46/h1-43H. The zero-order valence-corrected chi connectivity index (χ0v) is 43.8. The lowest BCUT2D eigenvalue weighted by Crippen LogP contribution is -2.10. The fourth-order valence-electron chi connectivity index (χ4n) is 12.7. The van der Waals surface area contributed by atoms with Gasteiger partial charge >= 0.3 is 0 Å². The van der Waals surface area contributed by atoms with Crippen LogP contribution in [-0.2, 0) is 0 Å². The van der Waals surface area contributed by atoms with Crippen molar-refractivity contribution >= 4 is 143 Å². The number of benzene rings is 13. The number of para-hydroxylation sites is 6. The van der Waals surface area contributed by atoms with Crippen molar-refractivity contribution in [3.05, 3.63) is 266 Å². The lowest BCUT2D eigenvalue weighted by Gasteiger charge is -2.25. The first-order valence-corrected chi connectivity index (χ1v) is 27.4. The summed E-state index contributed by atoms with van der Waals surface area (Å²) < 4.78 is 27.4. The molecular formula is C75H43N3O4. The van der Waals surface area contributed by atoms with Crippen LogP contribution in [0.4, 0.5) is 34.1 Å². The van der Waals surface area contributed by atoms with Gasteiger partial charge in [-0.3, -0.25) is 0 Å². The van der Waals surface area contributed by atoms with E-state index in [1.165, 1.54) is 0 Å². The van der Waals surface area contributed by atoms with Crippen LogP contribution in [0.15, 0.2) is 279 Å². The van der Waals surface area contributed by atoms with Crippen LogP contribution < -0.4 is 9.80 Å². The van der Waals surface area contributed by atoms with Crippen molar-refractivity contribution < 1.29 is 17.7 Å². The molecule has 0 spiro atoms. The van der Waals surface area contributed by atoms with Gasteiger partial charge in [-0.1, -0.05) is 170 Å². The summed E-state index contributed by atoms with van der Waals surface area (Å²) in [5, 5.41) is 22.7. The van der Waals surface area contributed by atoms with Gasteiger partial charge in [0.1, 0.15) is 39.6 Å². The van der Waals surface area contributed by atoms with Crippen LogP contribution in [0, 0.1) is 11.3 Å². The molecular weight excluding hydrogens is 1010 g/mol. The molecule has 0 fully saturated rings. The zero-order valence-electron chi connectivity index (χ0n) is 43.8. The molecule has 0 N–H and O–H groups in total. The number of rotatable bonds is 8. The third-order valence-electron chi connectivity index (χ3n) is 16.4. The molecule has 0 aliphatic heterocycles. The Balaban J connectivity index is 0.776. The maximum Gasteiger partial charge on any atom is 0.159 e. The van der Waals surface area contributed by atoms with E-state index in [4.69, 9.17) is 17.7 Å². The predicted molar refractivity (Wildman–Crippen MR) is 336 cm³/mol. The monoisotopic (exact) mass is 1050 g/mol. The van der Waals surface area contributed by atoms with Gasteiger partial charge in [0.25, 0.3) is 0 Å². The van der Waals surface area contributed by atoms with E-state index in [-0.39, 0.29) is 0 Å². The summed E-state index contributed by atoms with van der Waals surface area (Å²) in [5.41, 5.74) is 16.4. The molecule has 17 rings (SSSR count). The van der Waals surface area contributed by atoms with E-state index in [1.54, 1.807) is 0 Å². The average molecular weight is 1050 g/mol. The van der Waals surface area contributed by atoms with Crippen LogP contribution in [-0.4, -0.2) is 0 Å². The molecule has 0 saturated heterocycles. The van der Waals surface area contributed by atoms with E-state index < -0.39 is 0 Å². The molecule has 0 bridgehead atoms. The van der Waals surface area contributed by atoms with Crippen molar-refractivity contribution in [2.45, 2.75) is 0 Å². The highest BCUT2D eigenvalue weighted by molar-refractivity contribution is 6.23. The molecule has 4 aromatic heterocycles. The molecule has 0 atom stereocenters. The Labute approximate surface area is 468 Å². The van der Waals surface area contributed by atoms with Gasteiger partial charge in [0.05, 0.1) is 16.9 Å². The molecule has 382 valence electrons. The smallest absolute Gasteiger partial charge is 0.159 e. The molecule has 13 aromatic carbocycles. The number of furan rings is 4. The van der Waals surface area contributed by atoms with Crippen molar-refractivity contribution in [3.63, 3.8) is 0 Å². The summed E-state index contributed by atoms with van der Waals surface area (Å²) >= 11 is 0. The van der Waals surface area contributed by atoms with Gasteiger partial charge in [-0.05, 0) is 118 Å². The van der Waals surface area contributed by atoms with E-state index in [9.17, 15) is 5.26 Å². The van der Waals surface area contributed by atoms with Gasteiger partial charge in [-0.2, -0.15) is 5.26 Å². The molecule has 0 aliphatic rings. The van der Waals surface area contributed by atoms with Crippen LogP contribution in [0.2, 0.25) is 0 Å². The Morgan fingerprint density at radius 1 is 0.280 bits per heavy atom. The summed E-state index contributed by atoms with van der Waals surface area (Å²) in [5.74, 6) is 0. The van der Waals surface area contributed by atoms with Gasteiger partial charge in [0.15, 0.2) is 11.2 Å². The molecule has 0 amide bonds. The van der Waals surface area contributed by atoms with Crippen LogP contribution in [0.25, 0.3) is 132 Å². The maximum absolute atomic E-state index is 11.2. The fourth-order valence-corrected chi connectivity index (χ4v) is 12.7. The second kappa shape index (κ2) is 17.8. The van der Waals surface area contributed by atoms with Gasteiger partial charge in [0.2, 0.25) is 0 Å².